The minimum absolute atomic E-state index is 0.312. The van der Waals surface area contributed by atoms with E-state index in [1.165, 1.54) is 17.5 Å². The van der Waals surface area contributed by atoms with Crippen molar-refractivity contribution in [1.29, 1.82) is 5.26 Å². The number of amides is 1. The molecule has 0 spiro atoms. The summed E-state index contributed by atoms with van der Waals surface area (Å²) in [6.45, 7) is 1.22. The van der Waals surface area contributed by atoms with Gasteiger partial charge in [-0.15, -0.1) is 11.3 Å². The summed E-state index contributed by atoms with van der Waals surface area (Å²) in [4.78, 5) is 35.6. The van der Waals surface area contributed by atoms with Gasteiger partial charge in [-0.25, -0.2) is 9.97 Å². The molecule has 0 atom stereocenters. The topological polar surface area (TPSA) is 119 Å². The number of carboxylic acid groups (broad SMARTS) is 1. The van der Waals surface area contributed by atoms with Crippen molar-refractivity contribution >= 4 is 57.1 Å². The molecular formula is C20H16ClN5O3S2. The summed E-state index contributed by atoms with van der Waals surface area (Å²) in [6, 6.07) is 7.25. The Kier molecular flexibility index (Phi) is 6.18. The molecule has 0 unspecified atom stereocenters. The van der Waals surface area contributed by atoms with E-state index in [1.807, 2.05) is 4.90 Å². The molecule has 8 nitrogen and oxygen atoms in total. The molecule has 4 heterocycles. The maximum absolute atomic E-state index is 12.6. The maximum atomic E-state index is 12.6. The third-order valence-electron chi connectivity index (χ3n) is 4.93. The van der Waals surface area contributed by atoms with Crippen molar-refractivity contribution in [3.63, 3.8) is 0 Å². The van der Waals surface area contributed by atoms with Crippen LogP contribution in [0.5, 0.6) is 0 Å². The summed E-state index contributed by atoms with van der Waals surface area (Å²) in [7, 11) is 0. The largest absolute Gasteiger partial charge is 0.481 e. The molecule has 0 saturated carbocycles. The number of nitrogens with one attached hydrogen (secondary N) is 1. The molecule has 1 saturated heterocycles. The van der Waals surface area contributed by atoms with E-state index in [4.69, 9.17) is 16.7 Å². The predicted molar refractivity (Wildman–Crippen MR) is 120 cm³/mol. The van der Waals surface area contributed by atoms with Crippen LogP contribution in [-0.2, 0) is 4.79 Å². The van der Waals surface area contributed by atoms with Crippen molar-refractivity contribution in [2.24, 2.45) is 5.92 Å². The number of piperidine rings is 1. The highest BCUT2D eigenvalue weighted by atomic mass is 35.5. The lowest BCUT2D eigenvalue weighted by Gasteiger charge is -2.30. The molecule has 0 radical (unpaired) electrons. The first-order valence-corrected chi connectivity index (χ1v) is 11.4. The van der Waals surface area contributed by atoms with Crippen molar-refractivity contribution in [2.45, 2.75) is 12.8 Å². The molecule has 158 valence electrons. The number of thiazole rings is 1. The van der Waals surface area contributed by atoms with Gasteiger partial charge in [0.1, 0.15) is 22.5 Å². The summed E-state index contributed by atoms with van der Waals surface area (Å²) < 4.78 is 0. The Morgan fingerprint density at radius 2 is 2.10 bits per heavy atom. The Hall–Kier alpha value is -3.00. The average molecular weight is 474 g/mol. The van der Waals surface area contributed by atoms with Gasteiger partial charge in [-0.3, -0.25) is 14.9 Å². The van der Waals surface area contributed by atoms with Gasteiger partial charge in [0.05, 0.1) is 21.4 Å². The first-order chi connectivity index (χ1) is 14.9. The van der Waals surface area contributed by atoms with E-state index in [-0.39, 0.29) is 11.8 Å². The summed E-state index contributed by atoms with van der Waals surface area (Å²) in [5.41, 5.74) is 0.858. The number of carboxylic acids is 1. The fourth-order valence-electron chi connectivity index (χ4n) is 3.29. The molecule has 4 rings (SSSR count). The van der Waals surface area contributed by atoms with E-state index in [0.717, 1.165) is 16.2 Å². The molecule has 0 aromatic carbocycles. The van der Waals surface area contributed by atoms with E-state index in [2.05, 4.69) is 21.4 Å². The van der Waals surface area contributed by atoms with Crippen LogP contribution < -0.4 is 10.2 Å². The Bertz CT molecular complexity index is 1160. The number of hydrogen-bond acceptors (Lipinski definition) is 8. The van der Waals surface area contributed by atoms with Gasteiger partial charge in [-0.2, -0.15) is 5.26 Å². The van der Waals surface area contributed by atoms with Crippen LogP contribution in [0.15, 0.2) is 29.8 Å². The number of nitrogens with zero attached hydrogens (tertiary/aromatic N) is 4. The highest BCUT2D eigenvalue weighted by molar-refractivity contribution is 7.18. The Labute approximate surface area is 190 Å². The smallest absolute Gasteiger partial charge is 0.306 e. The van der Waals surface area contributed by atoms with Gasteiger partial charge >= 0.3 is 5.97 Å². The summed E-state index contributed by atoms with van der Waals surface area (Å²) >= 11 is 8.44. The summed E-state index contributed by atoms with van der Waals surface area (Å²) in [5, 5.41) is 23.9. The number of carbonyl (C=O) groups is 2. The molecule has 3 aromatic rings. The number of pyridine rings is 1. The van der Waals surface area contributed by atoms with Crippen LogP contribution >= 0.6 is 34.3 Å². The Morgan fingerprint density at radius 1 is 1.32 bits per heavy atom. The van der Waals surface area contributed by atoms with Crippen molar-refractivity contribution in [3.8, 4) is 16.6 Å². The molecule has 1 fully saturated rings. The van der Waals surface area contributed by atoms with E-state index < -0.39 is 5.97 Å². The van der Waals surface area contributed by atoms with Crippen molar-refractivity contribution < 1.29 is 14.7 Å². The fraction of sp³-hybridized carbons (Fsp3) is 0.250. The highest BCUT2D eigenvalue weighted by Gasteiger charge is 2.25. The van der Waals surface area contributed by atoms with Crippen LogP contribution in [0.25, 0.3) is 10.6 Å². The van der Waals surface area contributed by atoms with E-state index >= 15 is 0 Å². The Balaban J connectivity index is 1.43. The minimum atomic E-state index is -0.758. The first-order valence-electron chi connectivity index (χ1n) is 9.35. The molecule has 1 aliphatic heterocycles. The molecule has 2 N–H and O–H groups in total. The van der Waals surface area contributed by atoms with Crippen LogP contribution in [-0.4, -0.2) is 40.0 Å². The highest BCUT2D eigenvalue weighted by Crippen LogP contribution is 2.35. The molecule has 0 bridgehead atoms. The van der Waals surface area contributed by atoms with Gasteiger partial charge in [0.15, 0.2) is 5.13 Å². The normalized spacial score (nSPS) is 14.3. The SMILES string of the molecule is N#Cc1sc(NC(=O)c2ccc(N3CCC(C(=O)O)CC3)nc2)nc1-c1cc(Cl)cs1. The molecule has 11 heteroatoms. The third kappa shape index (κ3) is 4.69. The van der Waals surface area contributed by atoms with Crippen molar-refractivity contribution in [3.05, 3.63) is 45.2 Å². The van der Waals surface area contributed by atoms with Gasteiger partial charge in [-0.1, -0.05) is 22.9 Å². The zero-order valence-electron chi connectivity index (χ0n) is 16.0. The molecule has 3 aromatic heterocycles. The second-order valence-corrected chi connectivity index (χ2v) is 9.24. The van der Waals surface area contributed by atoms with E-state index in [9.17, 15) is 14.9 Å². The molecular weight excluding hydrogens is 458 g/mol. The zero-order valence-corrected chi connectivity index (χ0v) is 18.4. The number of carbonyl (C=O) groups excluding carboxylic acids is 1. The van der Waals surface area contributed by atoms with Gasteiger partial charge in [0.2, 0.25) is 0 Å². The van der Waals surface area contributed by atoms with Gasteiger partial charge < -0.3 is 10.0 Å². The number of halogens is 1. The number of hydrogen-bond donors (Lipinski definition) is 2. The first kappa shape index (κ1) is 21.2. The zero-order chi connectivity index (χ0) is 22.0. The number of nitriles is 1. The molecule has 31 heavy (non-hydrogen) atoms. The van der Waals surface area contributed by atoms with Crippen LogP contribution in [0.3, 0.4) is 0 Å². The lowest BCUT2D eigenvalue weighted by molar-refractivity contribution is -0.142. The number of rotatable bonds is 5. The number of anilines is 2. The number of aromatic nitrogens is 2. The lowest BCUT2D eigenvalue weighted by Crippen LogP contribution is -2.36. The summed E-state index contributed by atoms with van der Waals surface area (Å²) in [5.74, 6) is -0.740. The average Bonchev–Trinajstić information content (AvgIpc) is 3.39. The van der Waals surface area contributed by atoms with Crippen LogP contribution in [0.4, 0.5) is 10.9 Å². The molecule has 0 aliphatic carbocycles. The molecule has 1 amide bonds. The maximum Gasteiger partial charge on any atom is 0.306 e. The predicted octanol–water partition coefficient (Wildman–Crippen LogP) is 4.34. The third-order valence-corrected chi connectivity index (χ3v) is 7.09. The van der Waals surface area contributed by atoms with Gasteiger partial charge in [0.25, 0.3) is 5.91 Å². The minimum Gasteiger partial charge on any atom is -0.481 e. The fourth-order valence-corrected chi connectivity index (χ4v) is 5.19. The van der Waals surface area contributed by atoms with Gasteiger partial charge in [0, 0.05) is 24.7 Å². The number of thiophene rings is 1. The van der Waals surface area contributed by atoms with Crippen molar-refractivity contribution in [2.75, 3.05) is 23.3 Å². The number of aliphatic carboxylic acids is 1. The van der Waals surface area contributed by atoms with Crippen LogP contribution in [0, 0.1) is 17.2 Å². The van der Waals surface area contributed by atoms with Crippen LogP contribution in [0.1, 0.15) is 28.1 Å². The standard InChI is InChI=1S/C20H16ClN5O3S2/c21-13-7-14(30-10-13)17-15(8-22)31-20(24-17)25-18(27)12-1-2-16(23-9-12)26-5-3-11(4-6-26)19(28)29/h1-2,7,9-11H,3-6H2,(H,28,29)(H,24,25,27). The monoisotopic (exact) mass is 473 g/mol. The van der Waals surface area contributed by atoms with Crippen LogP contribution in [0.2, 0.25) is 5.02 Å². The molecule has 1 aliphatic rings. The summed E-state index contributed by atoms with van der Waals surface area (Å²) in [6.07, 6.45) is 2.62. The quantitative estimate of drug-likeness (QED) is 0.565. The van der Waals surface area contributed by atoms with E-state index in [1.54, 1.807) is 23.6 Å². The van der Waals surface area contributed by atoms with Gasteiger partial charge in [-0.05, 0) is 31.0 Å². The Morgan fingerprint density at radius 3 is 2.68 bits per heavy atom. The second kappa shape index (κ2) is 9.01. The second-order valence-electron chi connectivity index (χ2n) is 6.90. The lowest BCUT2D eigenvalue weighted by atomic mass is 9.97. The van der Waals surface area contributed by atoms with Crippen molar-refractivity contribution in [1.82, 2.24) is 9.97 Å². The van der Waals surface area contributed by atoms with E-state index in [0.29, 0.717) is 58.0 Å².